The molecule has 0 saturated carbocycles. The average molecular weight is 288 g/mol. The molecule has 1 aromatic heterocycles. The van der Waals surface area contributed by atoms with Crippen LogP contribution in [-0.2, 0) is 0 Å². The van der Waals surface area contributed by atoms with Gasteiger partial charge in [-0.25, -0.2) is 4.98 Å². The van der Waals surface area contributed by atoms with Gasteiger partial charge < -0.3 is 10.5 Å². The number of thioether (sulfide) groups is 1. The normalized spacial score (nSPS) is 10.5. The van der Waals surface area contributed by atoms with Gasteiger partial charge in [0.15, 0.2) is 0 Å². The third kappa shape index (κ3) is 4.78. The van der Waals surface area contributed by atoms with Gasteiger partial charge in [0.2, 0.25) is 0 Å². The maximum Gasteiger partial charge on any atom is 0.123 e. The van der Waals surface area contributed by atoms with E-state index in [1.807, 2.05) is 18.3 Å². The molecule has 4 heteroatoms. The largest absolute Gasteiger partial charge is 0.494 e. The molecule has 1 heterocycles. The highest BCUT2D eigenvalue weighted by Crippen LogP contribution is 2.19. The molecule has 106 valence electrons. The van der Waals surface area contributed by atoms with E-state index < -0.39 is 0 Å². The van der Waals surface area contributed by atoms with Crippen LogP contribution < -0.4 is 10.5 Å². The minimum atomic E-state index is 0.563. The summed E-state index contributed by atoms with van der Waals surface area (Å²) in [5.74, 6) is 2.53. The Morgan fingerprint density at radius 2 is 1.90 bits per heavy atom. The number of aromatic nitrogens is 1. The van der Waals surface area contributed by atoms with Gasteiger partial charge in [-0.1, -0.05) is 6.07 Å². The first-order valence-electron chi connectivity index (χ1n) is 6.69. The number of aryl methyl sites for hydroxylation is 2. The molecule has 0 aliphatic carbocycles. The lowest BCUT2D eigenvalue weighted by molar-refractivity contribution is 0.318. The van der Waals surface area contributed by atoms with E-state index >= 15 is 0 Å². The molecule has 0 saturated heterocycles. The van der Waals surface area contributed by atoms with Crippen LogP contribution in [0.2, 0.25) is 0 Å². The predicted molar refractivity (Wildman–Crippen MR) is 85.4 cm³/mol. The van der Waals surface area contributed by atoms with Crippen molar-refractivity contribution < 1.29 is 4.74 Å². The third-order valence-corrected chi connectivity index (χ3v) is 3.85. The van der Waals surface area contributed by atoms with E-state index in [1.165, 1.54) is 11.1 Å². The smallest absolute Gasteiger partial charge is 0.123 e. The quantitative estimate of drug-likeness (QED) is 0.648. The lowest BCUT2D eigenvalue weighted by Gasteiger charge is -2.08. The number of nitrogens with two attached hydrogens (primary N) is 1. The topological polar surface area (TPSA) is 48.1 Å². The molecule has 0 aliphatic heterocycles. The minimum Gasteiger partial charge on any atom is -0.494 e. The van der Waals surface area contributed by atoms with Crippen LogP contribution in [0.3, 0.4) is 0 Å². The molecule has 0 amide bonds. The molecule has 0 unspecified atom stereocenters. The van der Waals surface area contributed by atoms with Gasteiger partial charge in [0.1, 0.15) is 11.6 Å². The third-order valence-electron chi connectivity index (χ3n) is 2.78. The molecule has 2 rings (SSSR count). The summed E-state index contributed by atoms with van der Waals surface area (Å²) in [5, 5.41) is 0. The van der Waals surface area contributed by atoms with Gasteiger partial charge in [-0.05, 0) is 55.7 Å². The fourth-order valence-electron chi connectivity index (χ4n) is 1.93. The molecule has 3 nitrogen and oxygen atoms in total. The predicted octanol–water partition coefficient (Wildman–Crippen LogP) is 3.84. The van der Waals surface area contributed by atoms with Crippen molar-refractivity contribution in [3.05, 3.63) is 47.7 Å². The number of pyridine rings is 1. The number of benzene rings is 1. The summed E-state index contributed by atoms with van der Waals surface area (Å²) in [6, 6.07) is 10.1. The summed E-state index contributed by atoms with van der Waals surface area (Å²) in [4.78, 5) is 5.21. The van der Waals surface area contributed by atoms with Crippen molar-refractivity contribution in [2.24, 2.45) is 0 Å². The molecular formula is C16H20N2OS. The van der Waals surface area contributed by atoms with Gasteiger partial charge >= 0.3 is 0 Å². The Morgan fingerprint density at radius 3 is 2.55 bits per heavy atom. The van der Waals surface area contributed by atoms with Gasteiger partial charge in [-0.2, -0.15) is 0 Å². The zero-order chi connectivity index (χ0) is 14.4. The number of rotatable bonds is 6. The second-order valence-corrected chi connectivity index (χ2v) is 5.96. The molecular weight excluding hydrogens is 268 g/mol. The molecule has 2 aromatic rings. The Kier molecular flexibility index (Phi) is 5.30. The van der Waals surface area contributed by atoms with Crippen molar-refractivity contribution in [1.82, 2.24) is 4.98 Å². The number of nitrogens with zero attached hydrogens (tertiary/aromatic N) is 1. The average Bonchev–Trinajstić information content (AvgIpc) is 2.39. The Labute approximate surface area is 124 Å². The number of hydrogen-bond donors (Lipinski definition) is 1. The summed E-state index contributed by atoms with van der Waals surface area (Å²) in [5.41, 5.74) is 8.03. The van der Waals surface area contributed by atoms with E-state index in [4.69, 9.17) is 10.5 Å². The lowest BCUT2D eigenvalue weighted by Crippen LogP contribution is -1.99. The van der Waals surface area contributed by atoms with Crippen molar-refractivity contribution in [3.63, 3.8) is 0 Å². The highest BCUT2D eigenvalue weighted by Gasteiger charge is 1.98. The number of nitrogen functional groups attached to an aromatic ring is 1. The first-order valence-corrected chi connectivity index (χ1v) is 7.67. The van der Waals surface area contributed by atoms with Crippen molar-refractivity contribution in [2.45, 2.75) is 25.2 Å². The van der Waals surface area contributed by atoms with E-state index in [0.29, 0.717) is 5.82 Å². The van der Waals surface area contributed by atoms with Crippen molar-refractivity contribution in [2.75, 3.05) is 18.1 Å². The van der Waals surface area contributed by atoms with Gasteiger partial charge in [0.05, 0.1) is 6.61 Å². The molecule has 0 spiro atoms. The molecule has 0 radical (unpaired) electrons. The summed E-state index contributed by atoms with van der Waals surface area (Å²) in [6.07, 6.45) is 2.81. The van der Waals surface area contributed by atoms with Crippen LogP contribution in [0.4, 0.5) is 5.82 Å². The van der Waals surface area contributed by atoms with E-state index in [2.05, 4.69) is 37.0 Å². The summed E-state index contributed by atoms with van der Waals surface area (Å²) in [7, 11) is 0. The van der Waals surface area contributed by atoms with E-state index in [1.54, 1.807) is 11.8 Å². The highest BCUT2D eigenvalue weighted by molar-refractivity contribution is 7.99. The molecule has 0 bridgehead atoms. The van der Waals surface area contributed by atoms with Gasteiger partial charge in [-0.3, -0.25) is 0 Å². The fourth-order valence-corrected chi connectivity index (χ4v) is 2.72. The zero-order valence-electron chi connectivity index (χ0n) is 11.9. The van der Waals surface area contributed by atoms with E-state index in [0.717, 1.165) is 29.4 Å². The highest BCUT2D eigenvalue weighted by atomic mass is 32.2. The minimum absolute atomic E-state index is 0.563. The van der Waals surface area contributed by atoms with Crippen LogP contribution in [0.15, 0.2) is 41.4 Å². The van der Waals surface area contributed by atoms with Gasteiger partial charge in [0, 0.05) is 16.8 Å². The summed E-state index contributed by atoms with van der Waals surface area (Å²) < 4.78 is 5.78. The maximum absolute atomic E-state index is 5.78. The Morgan fingerprint density at radius 1 is 1.15 bits per heavy atom. The van der Waals surface area contributed by atoms with Crippen LogP contribution in [0.25, 0.3) is 0 Å². The second kappa shape index (κ2) is 7.20. The molecule has 2 N–H and O–H groups in total. The van der Waals surface area contributed by atoms with Crippen molar-refractivity contribution in [3.8, 4) is 5.75 Å². The van der Waals surface area contributed by atoms with Gasteiger partial charge in [-0.15, -0.1) is 11.8 Å². The second-order valence-electron chi connectivity index (χ2n) is 4.79. The molecule has 1 aromatic carbocycles. The molecule has 0 aliphatic rings. The number of anilines is 1. The monoisotopic (exact) mass is 288 g/mol. The number of hydrogen-bond acceptors (Lipinski definition) is 4. The van der Waals surface area contributed by atoms with Crippen LogP contribution in [0, 0.1) is 13.8 Å². The molecule has 0 fully saturated rings. The van der Waals surface area contributed by atoms with E-state index in [-0.39, 0.29) is 0 Å². The number of ether oxygens (including phenoxy) is 1. The van der Waals surface area contributed by atoms with Gasteiger partial charge in [0.25, 0.3) is 0 Å². The standard InChI is InChI=1S/C16H20N2OS/c1-12-8-13(2)10-14(9-12)19-6-3-7-20-15-4-5-16(17)18-11-15/h4-5,8-11H,3,6-7H2,1-2H3,(H2,17,18). The lowest BCUT2D eigenvalue weighted by atomic mass is 10.1. The first-order chi connectivity index (χ1) is 9.63. The van der Waals surface area contributed by atoms with Crippen LogP contribution in [0.1, 0.15) is 17.5 Å². The van der Waals surface area contributed by atoms with Crippen LogP contribution in [-0.4, -0.2) is 17.3 Å². The Bertz CT molecular complexity index is 535. The fraction of sp³-hybridized carbons (Fsp3) is 0.312. The maximum atomic E-state index is 5.78. The zero-order valence-corrected chi connectivity index (χ0v) is 12.7. The van der Waals surface area contributed by atoms with Crippen molar-refractivity contribution >= 4 is 17.6 Å². The SMILES string of the molecule is Cc1cc(C)cc(OCCCSc2ccc(N)nc2)c1. The summed E-state index contributed by atoms with van der Waals surface area (Å²) in [6.45, 7) is 4.91. The Hall–Kier alpha value is -1.68. The van der Waals surface area contributed by atoms with Crippen molar-refractivity contribution in [1.29, 1.82) is 0 Å². The molecule has 20 heavy (non-hydrogen) atoms. The Balaban J connectivity index is 1.70. The van der Waals surface area contributed by atoms with Crippen LogP contribution in [0.5, 0.6) is 5.75 Å². The first kappa shape index (κ1) is 14.7. The van der Waals surface area contributed by atoms with Crippen LogP contribution >= 0.6 is 11.8 Å². The van der Waals surface area contributed by atoms with E-state index in [9.17, 15) is 0 Å². The molecule has 0 atom stereocenters. The summed E-state index contributed by atoms with van der Waals surface area (Å²) >= 11 is 1.77.